The Labute approximate surface area is 188 Å². The van der Waals surface area contributed by atoms with Gasteiger partial charge in [0.1, 0.15) is 17.4 Å². The van der Waals surface area contributed by atoms with Crippen molar-refractivity contribution in [3.8, 4) is 0 Å². The Hall–Kier alpha value is -2.29. The van der Waals surface area contributed by atoms with E-state index in [4.69, 9.17) is 4.42 Å². The molecule has 164 valence electrons. The predicted molar refractivity (Wildman–Crippen MR) is 125 cm³/mol. The summed E-state index contributed by atoms with van der Waals surface area (Å²) < 4.78 is 29.2. The highest BCUT2D eigenvalue weighted by molar-refractivity contribution is 7.98. The zero-order valence-electron chi connectivity index (χ0n) is 17.0. The van der Waals surface area contributed by atoms with Gasteiger partial charge in [0.2, 0.25) is 0 Å². The quantitative estimate of drug-likeness (QED) is 0.344. The number of carboxylic acids is 1. The first-order valence-electron chi connectivity index (χ1n) is 10.3. The van der Waals surface area contributed by atoms with Gasteiger partial charge in [0, 0.05) is 29.2 Å². The van der Waals surface area contributed by atoms with E-state index in [9.17, 15) is 18.7 Å². The van der Waals surface area contributed by atoms with Gasteiger partial charge in [-0.25, -0.2) is 9.00 Å². The maximum absolute atomic E-state index is 12.2. The molecule has 0 amide bonds. The molecule has 3 aromatic rings. The van der Waals surface area contributed by atoms with Crippen molar-refractivity contribution >= 4 is 45.7 Å². The van der Waals surface area contributed by atoms with Crippen LogP contribution in [0, 0.1) is 0 Å². The second kappa shape index (κ2) is 9.89. The Morgan fingerprint density at radius 1 is 1.16 bits per heavy atom. The molecule has 2 N–H and O–H groups in total. The zero-order chi connectivity index (χ0) is 21.8. The van der Waals surface area contributed by atoms with Gasteiger partial charge >= 0.3 is 5.97 Å². The van der Waals surface area contributed by atoms with Crippen LogP contribution in [0.1, 0.15) is 36.1 Å². The van der Waals surface area contributed by atoms with E-state index >= 15 is 0 Å². The average molecular weight is 460 g/mol. The number of benzene rings is 2. The number of thioether (sulfide) groups is 1. The lowest BCUT2D eigenvalue weighted by Crippen LogP contribution is -2.42. The Morgan fingerprint density at radius 3 is 2.68 bits per heavy atom. The van der Waals surface area contributed by atoms with E-state index in [1.54, 1.807) is 23.9 Å². The number of furan rings is 1. The van der Waals surface area contributed by atoms with Crippen LogP contribution >= 0.6 is 11.8 Å². The highest BCUT2D eigenvalue weighted by Gasteiger charge is 2.30. The van der Waals surface area contributed by atoms with E-state index in [1.807, 2.05) is 36.4 Å². The van der Waals surface area contributed by atoms with Gasteiger partial charge in [0.15, 0.2) is 0 Å². The van der Waals surface area contributed by atoms with Crippen molar-refractivity contribution in [1.29, 1.82) is 0 Å². The molecule has 0 bridgehead atoms. The monoisotopic (exact) mass is 459 g/mol. The lowest BCUT2D eigenvalue weighted by molar-refractivity contribution is -0.138. The number of nitrogens with zero attached hydrogens (tertiary/aromatic N) is 1. The Kier molecular flexibility index (Phi) is 6.99. The average Bonchev–Trinajstić information content (AvgIpc) is 3.14. The summed E-state index contributed by atoms with van der Waals surface area (Å²) in [6.45, 7) is 0. The minimum atomic E-state index is -2.48. The molecule has 1 aliphatic rings. The SMILES string of the molecule is O=C(O)C(CCSCc1ccccc1)N(c1ccc2c3c(oc2c1)CCCC3)S(=O)O. The van der Waals surface area contributed by atoms with E-state index < -0.39 is 23.3 Å². The molecule has 1 aliphatic carbocycles. The van der Waals surface area contributed by atoms with Crippen LogP contribution in [0.25, 0.3) is 11.0 Å². The largest absolute Gasteiger partial charge is 0.480 e. The van der Waals surface area contributed by atoms with Crippen molar-refractivity contribution in [2.75, 3.05) is 10.1 Å². The summed E-state index contributed by atoms with van der Waals surface area (Å²) in [7, 11) is 0. The molecule has 31 heavy (non-hydrogen) atoms. The summed E-state index contributed by atoms with van der Waals surface area (Å²) in [5.74, 6) is 1.17. The number of aliphatic carboxylic acids is 1. The highest BCUT2D eigenvalue weighted by atomic mass is 32.2. The molecule has 8 heteroatoms. The number of carboxylic acid groups (broad SMARTS) is 1. The molecule has 2 aromatic carbocycles. The minimum absolute atomic E-state index is 0.242. The van der Waals surface area contributed by atoms with Crippen molar-refractivity contribution in [3.05, 3.63) is 65.4 Å². The van der Waals surface area contributed by atoms with E-state index in [0.29, 0.717) is 17.0 Å². The Balaban J connectivity index is 1.52. The molecule has 0 saturated heterocycles. The van der Waals surface area contributed by atoms with Crippen molar-refractivity contribution in [3.63, 3.8) is 0 Å². The Morgan fingerprint density at radius 2 is 1.94 bits per heavy atom. The van der Waals surface area contributed by atoms with Crippen LogP contribution < -0.4 is 4.31 Å². The van der Waals surface area contributed by atoms with Gasteiger partial charge in [-0.15, -0.1) is 0 Å². The molecule has 0 aliphatic heterocycles. The first kappa shape index (κ1) is 21.9. The molecule has 2 atom stereocenters. The summed E-state index contributed by atoms with van der Waals surface area (Å²) in [5, 5.41) is 10.8. The van der Waals surface area contributed by atoms with Crippen LogP contribution in [0.15, 0.2) is 52.9 Å². The standard InChI is InChI=1S/C23H25NO5S2/c25-23(26)20(12-13-30-15-16-6-2-1-3-7-16)24(31(27)28)17-10-11-19-18-8-4-5-9-21(18)29-22(19)14-17/h1-3,6-7,10-11,14,20H,4-5,8-9,12-13,15H2,(H,25,26)(H,27,28). The van der Waals surface area contributed by atoms with Crippen LogP contribution in [-0.2, 0) is 34.7 Å². The van der Waals surface area contributed by atoms with E-state index in [0.717, 1.165) is 52.5 Å². The van der Waals surface area contributed by atoms with Gasteiger partial charge in [0.25, 0.3) is 11.3 Å². The molecule has 0 fully saturated rings. The highest BCUT2D eigenvalue weighted by Crippen LogP contribution is 2.35. The zero-order valence-corrected chi connectivity index (χ0v) is 18.7. The topological polar surface area (TPSA) is 91.0 Å². The molecule has 1 heterocycles. The number of rotatable bonds is 9. The molecule has 0 spiro atoms. The number of fused-ring (bicyclic) bond motifs is 3. The fourth-order valence-electron chi connectivity index (χ4n) is 4.07. The van der Waals surface area contributed by atoms with E-state index in [1.165, 1.54) is 5.56 Å². The minimum Gasteiger partial charge on any atom is -0.480 e. The molecule has 6 nitrogen and oxygen atoms in total. The van der Waals surface area contributed by atoms with Crippen LogP contribution in [-0.4, -0.2) is 31.6 Å². The fraction of sp³-hybridized carbons (Fsp3) is 0.348. The van der Waals surface area contributed by atoms with Crippen LogP contribution in [0.4, 0.5) is 5.69 Å². The second-order valence-corrected chi connectivity index (χ2v) is 9.59. The molecule has 1 aromatic heterocycles. The lowest BCUT2D eigenvalue weighted by Gasteiger charge is -2.26. The van der Waals surface area contributed by atoms with Gasteiger partial charge in [0.05, 0.1) is 5.69 Å². The maximum Gasteiger partial charge on any atom is 0.327 e. The fourth-order valence-corrected chi connectivity index (χ4v) is 5.74. The summed E-state index contributed by atoms with van der Waals surface area (Å²) >= 11 is -0.869. The Bertz CT molecular complexity index is 1080. The van der Waals surface area contributed by atoms with Crippen molar-refractivity contribution in [2.45, 2.75) is 43.9 Å². The first-order chi connectivity index (χ1) is 15.0. The third kappa shape index (κ3) is 4.97. The van der Waals surface area contributed by atoms with Crippen molar-refractivity contribution in [1.82, 2.24) is 0 Å². The second-order valence-electron chi connectivity index (χ2n) is 7.63. The molecule has 4 rings (SSSR count). The normalized spacial score (nSPS) is 15.4. The van der Waals surface area contributed by atoms with Crippen molar-refractivity contribution < 1.29 is 23.1 Å². The summed E-state index contributed by atoms with van der Waals surface area (Å²) in [6.07, 6.45) is 4.32. The van der Waals surface area contributed by atoms with Gasteiger partial charge in [-0.2, -0.15) is 11.8 Å². The summed E-state index contributed by atoms with van der Waals surface area (Å²) in [6, 6.07) is 14.1. The summed E-state index contributed by atoms with van der Waals surface area (Å²) in [5.41, 5.74) is 3.38. The molecule has 0 saturated carbocycles. The van der Waals surface area contributed by atoms with Crippen LogP contribution in [0.2, 0.25) is 0 Å². The van der Waals surface area contributed by atoms with E-state index in [-0.39, 0.29) is 6.42 Å². The van der Waals surface area contributed by atoms with Gasteiger partial charge in [-0.05, 0) is 49.1 Å². The van der Waals surface area contributed by atoms with Crippen molar-refractivity contribution in [2.24, 2.45) is 0 Å². The molecule has 2 unspecified atom stereocenters. The third-order valence-corrected chi connectivity index (χ3v) is 7.44. The maximum atomic E-state index is 12.2. The number of hydrogen-bond donors (Lipinski definition) is 2. The predicted octanol–water partition coefficient (Wildman–Crippen LogP) is 5.03. The molecule has 0 radical (unpaired) electrons. The lowest BCUT2D eigenvalue weighted by atomic mass is 9.96. The van der Waals surface area contributed by atoms with Gasteiger partial charge in [-0.1, -0.05) is 30.3 Å². The van der Waals surface area contributed by atoms with Gasteiger partial charge in [-0.3, -0.25) is 8.86 Å². The molecular formula is C23H25NO5S2. The number of anilines is 1. The van der Waals surface area contributed by atoms with Crippen LogP contribution in [0.5, 0.6) is 0 Å². The van der Waals surface area contributed by atoms with Gasteiger partial charge < -0.3 is 9.52 Å². The number of aryl methyl sites for hydroxylation is 2. The smallest absolute Gasteiger partial charge is 0.327 e. The molecular weight excluding hydrogens is 434 g/mol. The summed E-state index contributed by atoms with van der Waals surface area (Å²) in [4.78, 5) is 12.0. The van der Waals surface area contributed by atoms with Crippen LogP contribution in [0.3, 0.4) is 0 Å². The third-order valence-electron chi connectivity index (χ3n) is 5.58. The first-order valence-corrected chi connectivity index (χ1v) is 12.6. The number of carbonyl (C=O) groups is 1. The number of hydrogen-bond acceptors (Lipinski definition) is 4. The van der Waals surface area contributed by atoms with E-state index in [2.05, 4.69) is 0 Å².